The molecule has 5 heteroatoms. The molecule has 1 atom stereocenters. The highest BCUT2D eigenvalue weighted by molar-refractivity contribution is 6.31. The Kier molecular flexibility index (Phi) is 3.65. The van der Waals surface area contributed by atoms with E-state index in [1.165, 1.54) is 6.07 Å². The first-order chi connectivity index (χ1) is 12.0. The third-order valence-corrected chi connectivity index (χ3v) is 5.14. The summed E-state index contributed by atoms with van der Waals surface area (Å²) in [7, 11) is 0. The lowest BCUT2D eigenvalue weighted by molar-refractivity contribution is 0.0949. The average Bonchev–Trinajstić information content (AvgIpc) is 2.59. The van der Waals surface area contributed by atoms with E-state index < -0.39 is 0 Å². The summed E-state index contributed by atoms with van der Waals surface area (Å²) >= 11 is 5.96. The Morgan fingerprint density at radius 2 is 1.80 bits per heavy atom. The molecule has 4 rings (SSSR count). The molecule has 25 heavy (non-hydrogen) atoms. The molecule has 0 saturated heterocycles. The van der Waals surface area contributed by atoms with Crippen LogP contribution in [0.3, 0.4) is 0 Å². The SMILES string of the molecule is Cc1ccc(C2CC(=O)c3c(n(O)c4ccc(Cl)cc4c3=O)C2)cc1. The van der Waals surface area contributed by atoms with E-state index >= 15 is 0 Å². The van der Waals surface area contributed by atoms with Gasteiger partial charge in [0, 0.05) is 11.4 Å². The van der Waals surface area contributed by atoms with Crippen molar-refractivity contribution in [3.8, 4) is 0 Å². The molecule has 1 heterocycles. The predicted molar refractivity (Wildman–Crippen MR) is 97.0 cm³/mol. The number of aryl methyl sites for hydroxylation is 1. The second-order valence-corrected chi connectivity index (χ2v) is 7.00. The number of carbonyl (C=O) groups is 1. The van der Waals surface area contributed by atoms with Gasteiger partial charge in [-0.3, -0.25) is 9.59 Å². The van der Waals surface area contributed by atoms with Crippen LogP contribution in [0.25, 0.3) is 10.9 Å². The first-order valence-electron chi connectivity index (χ1n) is 8.12. The standard InChI is InChI=1S/C20H16ClNO3/c1-11-2-4-12(5-3-11)13-8-17-19(18(23)9-13)20(24)15-10-14(21)6-7-16(15)22(17)25/h2-7,10,13,25H,8-9H2,1H3. The Morgan fingerprint density at radius 1 is 1.08 bits per heavy atom. The summed E-state index contributed by atoms with van der Waals surface area (Å²) in [5.41, 5.74) is 2.65. The molecule has 1 aromatic heterocycles. The number of nitrogens with zero attached hydrogens (tertiary/aromatic N) is 1. The van der Waals surface area contributed by atoms with Crippen molar-refractivity contribution in [1.82, 2.24) is 4.73 Å². The van der Waals surface area contributed by atoms with Crippen molar-refractivity contribution in [2.24, 2.45) is 0 Å². The fraction of sp³-hybridized carbons (Fsp3) is 0.200. The molecule has 1 N–H and O–H groups in total. The second kappa shape index (κ2) is 5.74. The number of ketones is 1. The molecular formula is C20H16ClNO3. The number of halogens is 1. The fourth-order valence-corrected chi connectivity index (χ4v) is 3.75. The number of carbonyl (C=O) groups excluding carboxylic acids is 1. The van der Waals surface area contributed by atoms with Crippen LogP contribution in [-0.2, 0) is 6.42 Å². The van der Waals surface area contributed by atoms with Crippen LogP contribution in [0.5, 0.6) is 0 Å². The number of Topliss-reactive ketones (excluding diaryl/α,β-unsaturated/α-hetero) is 1. The maximum atomic E-state index is 12.8. The van der Waals surface area contributed by atoms with Crippen molar-refractivity contribution in [2.45, 2.75) is 25.7 Å². The van der Waals surface area contributed by atoms with Crippen molar-refractivity contribution in [3.05, 3.63) is 80.1 Å². The van der Waals surface area contributed by atoms with Crippen molar-refractivity contribution in [3.63, 3.8) is 0 Å². The van der Waals surface area contributed by atoms with Gasteiger partial charge in [-0.15, -0.1) is 0 Å². The van der Waals surface area contributed by atoms with Gasteiger partial charge in [0.1, 0.15) is 0 Å². The fourth-order valence-electron chi connectivity index (χ4n) is 3.57. The quantitative estimate of drug-likeness (QED) is 0.670. The molecule has 0 fully saturated rings. The molecule has 2 aromatic carbocycles. The molecule has 126 valence electrons. The molecule has 0 spiro atoms. The topological polar surface area (TPSA) is 59.3 Å². The summed E-state index contributed by atoms with van der Waals surface area (Å²) in [6.45, 7) is 2.01. The maximum absolute atomic E-state index is 12.8. The molecule has 1 aliphatic carbocycles. The monoisotopic (exact) mass is 353 g/mol. The van der Waals surface area contributed by atoms with E-state index in [9.17, 15) is 14.8 Å². The molecule has 4 nitrogen and oxygen atoms in total. The van der Waals surface area contributed by atoms with Gasteiger partial charge in [-0.1, -0.05) is 41.4 Å². The van der Waals surface area contributed by atoms with Gasteiger partial charge in [0.15, 0.2) is 5.78 Å². The average molecular weight is 354 g/mol. The van der Waals surface area contributed by atoms with Crippen LogP contribution in [0.15, 0.2) is 47.3 Å². The smallest absolute Gasteiger partial charge is 0.200 e. The van der Waals surface area contributed by atoms with Crippen LogP contribution in [0.4, 0.5) is 0 Å². The van der Waals surface area contributed by atoms with Gasteiger partial charge in [-0.2, -0.15) is 4.73 Å². The third-order valence-electron chi connectivity index (χ3n) is 4.90. The van der Waals surface area contributed by atoms with Crippen LogP contribution in [-0.4, -0.2) is 15.7 Å². The van der Waals surface area contributed by atoms with Gasteiger partial charge in [-0.05, 0) is 43.0 Å². The summed E-state index contributed by atoms with van der Waals surface area (Å²) in [6, 6.07) is 12.7. The van der Waals surface area contributed by atoms with Gasteiger partial charge >= 0.3 is 0 Å². The van der Waals surface area contributed by atoms with Crippen LogP contribution >= 0.6 is 11.6 Å². The molecule has 0 radical (unpaired) electrons. The Labute approximate surface area is 149 Å². The number of rotatable bonds is 1. The molecule has 1 unspecified atom stereocenters. The Bertz CT molecular complexity index is 1070. The van der Waals surface area contributed by atoms with Gasteiger partial charge in [-0.25, -0.2) is 0 Å². The highest BCUT2D eigenvalue weighted by atomic mass is 35.5. The maximum Gasteiger partial charge on any atom is 0.200 e. The summed E-state index contributed by atoms with van der Waals surface area (Å²) in [5.74, 6) is -0.287. The van der Waals surface area contributed by atoms with Gasteiger partial charge in [0.25, 0.3) is 0 Å². The Morgan fingerprint density at radius 3 is 2.52 bits per heavy atom. The summed E-state index contributed by atoms with van der Waals surface area (Å²) in [5, 5.41) is 11.3. The molecule has 1 aliphatic rings. The minimum Gasteiger partial charge on any atom is -0.428 e. The lowest BCUT2D eigenvalue weighted by atomic mass is 9.81. The van der Waals surface area contributed by atoms with Crippen LogP contribution < -0.4 is 5.43 Å². The van der Waals surface area contributed by atoms with Gasteiger partial charge in [0.05, 0.1) is 22.2 Å². The lowest BCUT2D eigenvalue weighted by Crippen LogP contribution is -2.30. The van der Waals surface area contributed by atoms with Crippen molar-refractivity contribution in [2.75, 3.05) is 0 Å². The largest absolute Gasteiger partial charge is 0.428 e. The van der Waals surface area contributed by atoms with Crippen LogP contribution in [0.1, 0.15) is 39.5 Å². The minimum absolute atomic E-state index is 0.0526. The molecule has 0 aliphatic heterocycles. The Balaban J connectivity index is 1.90. The number of pyridine rings is 1. The summed E-state index contributed by atoms with van der Waals surface area (Å²) in [4.78, 5) is 25.5. The summed E-state index contributed by atoms with van der Waals surface area (Å²) < 4.78 is 0.973. The van der Waals surface area contributed by atoms with Crippen molar-refractivity contribution < 1.29 is 10.0 Å². The van der Waals surface area contributed by atoms with Crippen molar-refractivity contribution in [1.29, 1.82) is 0 Å². The van der Waals surface area contributed by atoms with E-state index in [1.807, 2.05) is 31.2 Å². The third kappa shape index (κ3) is 2.53. The highest BCUT2D eigenvalue weighted by Crippen LogP contribution is 2.33. The normalized spacial score (nSPS) is 16.9. The van der Waals surface area contributed by atoms with E-state index in [2.05, 4.69) is 0 Å². The van der Waals surface area contributed by atoms with E-state index in [0.29, 0.717) is 22.7 Å². The number of fused-ring (bicyclic) bond motifs is 2. The second-order valence-electron chi connectivity index (χ2n) is 6.56. The number of hydrogen-bond acceptors (Lipinski definition) is 3. The van der Waals surface area contributed by atoms with E-state index in [4.69, 9.17) is 11.6 Å². The zero-order valence-electron chi connectivity index (χ0n) is 13.6. The minimum atomic E-state index is -0.356. The van der Waals surface area contributed by atoms with E-state index in [-0.39, 0.29) is 34.5 Å². The molecular weight excluding hydrogens is 338 g/mol. The van der Waals surface area contributed by atoms with E-state index in [0.717, 1.165) is 15.9 Å². The van der Waals surface area contributed by atoms with Crippen molar-refractivity contribution >= 4 is 28.3 Å². The van der Waals surface area contributed by atoms with E-state index in [1.54, 1.807) is 12.1 Å². The highest BCUT2D eigenvalue weighted by Gasteiger charge is 2.32. The first kappa shape index (κ1) is 15.9. The molecule has 0 amide bonds. The first-order valence-corrected chi connectivity index (χ1v) is 8.49. The van der Waals surface area contributed by atoms with Crippen LogP contribution in [0.2, 0.25) is 5.02 Å². The molecule has 0 bridgehead atoms. The number of benzene rings is 2. The number of hydrogen-bond donors (Lipinski definition) is 1. The predicted octanol–water partition coefficient (Wildman–Crippen LogP) is 4.11. The lowest BCUT2D eigenvalue weighted by Gasteiger charge is -2.25. The zero-order valence-corrected chi connectivity index (χ0v) is 14.4. The molecule has 0 saturated carbocycles. The summed E-state index contributed by atoms with van der Waals surface area (Å²) in [6.07, 6.45) is 0.700. The van der Waals surface area contributed by atoms with Crippen LogP contribution in [0, 0.1) is 6.92 Å². The number of aromatic nitrogens is 1. The van der Waals surface area contributed by atoms with Gasteiger partial charge < -0.3 is 5.21 Å². The van der Waals surface area contributed by atoms with Gasteiger partial charge in [0.2, 0.25) is 5.43 Å². The Hall–Kier alpha value is -2.59. The zero-order chi connectivity index (χ0) is 17.7. The molecule has 3 aromatic rings.